The molecule has 0 unspecified atom stereocenters. The number of alkyl halides is 3. The Morgan fingerprint density at radius 3 is 2.52 bits per heavy atom. The van der Waals surface area contributed by atoms with E-state index in [9.17, 15) is 18.0 Å². The minimum atomic E-state index is -4.40. The number of nitrogens with zero attached hydrogens (tertiary/aromatic N) is 3. The first-order valence-electron chi connectivity index (χ1n) is 9.26. The highest BCUT2D eigenvalue weighted by Crippen LogP contribution is 2.29. The molecule has 1 saturated heterocycles. The van der Waals surface area contributed by atoms with Crippen LogP contribution in [-0.4, -0.2) is 42.0 Å². The molecule has 154 valence electrons. The van der Waals surface area contributed by atoms with Crippen molar-refractivity contribution in [1.82, 2.24) is 9.88 Å². The maximum absolute atomic E-state index is 12.7. The van der Waals surface area contributed by atoms with Crippen molar-refractivity contribution in [2.45, 2.75) is 19.5 Å². The van der Waals surface area contributed by atoms with Crippen LogP contribution in [0.25, 0.3) is 5.57 Å². The molecule has 0 spiro atoms. The number of amides is 1. The molecule has 1 aliphatic rings. The Hall–Kier alpha value is -2.54. The second kappa shape index (κ2) is 8.86. The molecule has 0 saturated carbocycles. The SMILES string of the molecule is C/C(=C/C(=O)N1CCCN(c2ccc(C(F)(F)F)cn2)CC1)c1ccccc1Cl. The molecule has 0 radical (unpaired) electrons. The smallest absolute Gasteiger partial charge is 0.355 e. The predicted molar refractivity (Wildman–Crippen MR) is 108 cm³/mol. The highest BCUT2D eigenvalue weighted by atomic mass is 35.5. The van der Waals surface area contributed by atoms with Crippen molar-refractivity contribution < 1.29 is 18.0 Å². The highest BCUT2D eigenvalue weighted by Gasteiger charge is 2.31. The lowest BCUT2D eigenvalue weighted by molar-refractivity contribution is -0.137. The molecule has 4 nitrogen and oxygen atoms in total. The molecule has 0 bridgehead atoms. The second-order valence-electron chi connectivity index (χ2n) is 6.88. The lowest BCUT2D eigenvalue weighted by Gasteiger charge is -2.22. The second-order valence-corrected chi connectivity index (χ2v) is 7.28. The van der Waals surface area contributed by atoms with Crippen molar-refractivity contribution in [2.75, 3.05) is 31.1 Å². The zero-order chi connectivity index (χ0) is 21.0. The van der Waals surface area contributed by atoms with E-state index in [1.54, 1.807) is 17.0 Å². The Morgan fingerprint density at radius 1 is 1.10 bits per heavy atom. The van der Waals surface area contributed by atoms with Crippen LogP contribution in [0.15, 0.2) is 48.7 Å². The molecule has 0 N–H and O–H groups in total. The zero-order valence-electron chi connectivity index (χ0n) is 15.9. The minimum Gasteiger partial charge on any atom is -0.355 e. The number of carbonyl (C=O) groups excluding carboxylic acids is 1. The lowest BCUT2D eigenvalue weighted by Crippen LogP contribution is -2.34. The Morgan fingerprint density at radius 2 is 1.86 bits per heavy atom. The fourth-order valence-corrected chi connectivity index (χ4v) is 3.53. The molecule has 1 aromatic carbocycles. The topological polar surface area (TPSA) is 36.4 Å². The van der Waals surface area contributed by atoms with Crippen LogP contribution < -0.4 is 4.90 Å². The number of hydrogen-bond acceptors (Lipinski definition) is 3. The summed E-state index contributed by atoms with van der Waals surface area (Å²) >= 11 is 6.19. The zero-order valence-corrected chi connectivity index (χ0v) is 16.7. The number of anilines is 1. The van der Waals surface area contributed by atoms with E-state index >= 15 is 0 Å². The first kappa shape index (κ1) is 21.2. The van der Waals surface area contributed by atoms with Gasteiger partial charge in [-0.15, -0.1) is 0 Å². The van der Waals surface area contributed by atoms with Gasteiger partial charge in [-0.1, -0.05) is 29.8 Å². The summed E-state index contributed by atoms with van der Waals surface area (Å²) in [6, 6.07) is 9.75. The van der Waals surface area contributed by atoms with E-state index < -0.39 is 11.7 Å². The van der Waals surface area contributed by atoms with Gasteiger partial charge in [-0.3, -0.25) is 4.79 Å². The first-order valence-corrected chi connectivity index (χ1v) is 9.64. The quantitative estimate of drug-likeness (QED) is 0.659. The standard InChI is InChI=1S/C21H21ClF3N3O/c1-15(17-5-2-3-6-18(17)22)13-20(29)28-10-4-9-27(11-12-28)19-8-7-16(14-26-19)21(23,24)25/h2-3,5-8,13-14H,4,9-12H2,1H3/b15-13-. The van der Waals surface area contributed by atoms with Crippen LogP contribution >= 0.6 is 11.6 Å². The largest absolute Gasteiger partial charge is 0.417 e. The van der Waals surface area contributed by atoms with Crippen LogP contribution in [0.2, 0.25) is 5.02 Å². The monoisotopic (exact) mass is 423 g/mol. The summed E-state index contributed by atoms with van der Waals surface area (Å²) in [7, 11) is 0. The Labute approximate surface area is 172 Å². The Bertz CT molecular complexity index is 897. The van der Waals surface area contributed by atoms with Crippen LogP contribution in [0.1, 0.15) is 24.5 Å². The van der Waals surface area contributed by atoms with E-state index in [0.29, 0.717) is 43.4 Å². The number of allylic oxidation sites excluding steroid dienone is 1. The third kappa shape index (κ3) is 5.29. The summed E-state index contributed by atoms with van der Waals surface area (Å²) in [5.74, 6) is 0.375. The number of aromatic nitrogens is 1. The molecule has 2 aromatic rings. The normalized spacial score (nSPS) is 16.0. The van der Waals surface area contributed by atoms with Gasteiger partial charge in [0.15, 0.2) is 0 Å². The summed E-state index contributed by atoms with van der Waals surface area (Å²) in [6.45, 7) is 4.00. The van der Waals surface area contributed by atoms with Gasteiger partial charge >= 0.3 is 6.18 Å². The van der Waals surface area contributed by atoms with E-state index in [-0.39, 0.29) is 5.91 Å². The molecule has 29 heavy (non-hydrogen) atoms. The fraction of sp³-hybridized carbons (Fsp3) is 0.333. The molecular formula is C21H21ClF3N3O. The average molecular weight is 424 g/mol. The summed E-state index contributed by atoms with van der Waals surface area (Å²) in [6.07, 6.45) is -1.28. The summed E-state index contributed by atoms with van der Waals surface area (Å²) in [5.41, 5.74) is 0.826. The average Bonchev–Trinajstić information content (AvgIpc) is 2.94. The molecule has 1 aliphatic heterocycles. The molecule has 0 atom stereocenters. The number of pyridine rings is 1. The number of benzene rings is 1. The molecule has 1 fully saturated rings. The van der Waals surface area contributed by atoms with Gasteiger partial charge in [0.1, 0.15) is 5.82 Å². The molecular weight excluding hydrogens is 403 g/mol. The van der Waals surface area contributed by atoms with Gasteiger partial charge in [-0.2, -0.15) is 13.2 Å². The van der Waals surface area contributed by atoms with E-state index in [0.717, 1.165) is 23.4 Å². The molecule has 0 aliphatic carbocycles. The Balaban J connectivity index is 1.66. The van der Waals surface area contributed by atoms with Gasteiger partial charge in [-0.05, 0) is 42.7 Å². The maximum Gasteiger partial charge on any atom is 0.417 e. The molecule has 3 rings (SSSR count). The molecule has 1 amide bonds. The van der Waals surface area contributed by atoms with Crippen LogP contribution in [0.4, 0.5) is 19.0 Å². The first-order chi connectivity index (χ1) is 13.8. The van der Waals surface area contributed by atoms with Crippen LogP contribution in [0.5, 0.6) is 0 Å². The van der Waals surface area contributed by atoms with Crippen molar-refractivity contribution >= 4 is 28.9 Å². The highest BCUT2D eigenvalue weighted by molar-refractivity contribution is 6.32. The third-order valence-electron chi connectivity index (χ3n) is 4.85. The van der Waals surface area contributed by atoms with Crippen LogP contribution in [-0.2, 0) is 11.0 Å². The Kier molecular flexibility index (Phi) is 6.47. The van der Waals surface area contributed by atoms with Crippen LogP contribution in [0, 0.1) is 0 Å². The van der Waals surface area contributed by atoms with E-state index in [1.807, 2.05) is 30.0 Å². The minimum absolute atomic E-state index is 0.107. The van der Waals surface area contributed by atoms with Crippen LogP contribution in [0.3, 0.4) is 0 Å². The molecule has 2 heterocycles. The number of rotatable bonds is 3. The number of hydrogen-bond donors (Lipinski definition) is 0. The van der Waals surface area contributed by atoms with E-state index in [1.165, 1.54) is 6.07 Å². The number of carbonyl (C=O) groups is 1. The van der Waals surface area contributed by atoms with E-state index in [4.69, 9.17) is 11.6 Å². The lowest BCUT2D eigenvalue weighted by atomic mass is 10.1. The van der Waals surface area contributed by atoms with Gasteiger partial charge in [0.05, 0.1) is 5.56 Å². The summed E-state index contributed by atoms with van der Waals surface area (Å²) in [5, 5.41) is 0.587. The van der Waals surface area contributed by atoms with Gasteiger partial charge in [0.25, 0.3) is 0 Å². The van der Waals surface area contributed by atoms with Gasteiger partial charge < -0.3 is 9.80 Å². The number of halogens is 4. The summed E-state index contributed by atoms with van der Waals surface area (Å²) in [4.78, 5) is 20.3. The van der Waals surface area contributed by atoms with Crippen molar-refractivity contribution in [3.05, 3.63) is 64.8 Å². The van der Waals surface area contributed by atoms with Gasteiger partial charge in [0, 0.05) is 43.5 Å². The van der Waals surface area contributed by atoms with E-state index in [2.05, 4.69) is 4.98 Å². The molecule has 1 aromatic heterocycles. The van der Waals surface area contributed by atoms with Crippen molar-refractivity contribution in [2.24, 2.45) is 0 Å². The fourth-order valence-electron chi connectivity index (χ4n) is 3.24. The van der Waals surface area contributed by atoms with Crippen molar-refractivity contribution in [3.8, 4) is 0 Å². The van der Waals surface area contributed by atoms with Gasteiger partial charge in [-0.25, -0.2) is 4.98 Å². The van der Waals surface area contributed by atoms with Crippen molar-refractivity contribution in [3.63, 3.8) is 0 Å². The third-order valence-corrected chi connectivity index (χ3v) is 5.18. The van der Waals surface area contributed by atoms with Crippen molar-refractivity contribution in [1.29, 1.82) is 0 Å². The maximum atomic E-state index is 12.7. The summed E-state index contributed by atoms with van der Waals surface area (Å²) < 4.78 is 38.1. The molecule has 8 heteroatoms. The predicted octanol–water partition coefficient (Wildman–Crippen LogP) is 4.90. The van der Waals surface area contributed by atoms with Gasteiger partial charge in [0.2, 0.25) is 5.91 Å².